The molecule has 0 spiro atoms. The highest BCUT2D eigenvalue weighted by Crippen LogP contribution is 2.33. The van der Waals surface area contributed by atoms with E-state index in [1.54, 1.807) is 17.5 Å². The summed E-state index contributed by atoms with van der Waals surface area (Å²) in [4.78, 5) is 22.4. The summed E-state index contributed by atoms with van der Waals surface area (Å²) in [6.07, 6.45) is 3.61. The summed E-state index contributed by atoms with van der Waals surface area (Å²) >= 11 is 1.64. The predicted molar refractivity (Wildman–Crippen MR) is 132 cm³/mol. The molecule has 0 aliphatic carbocycles. The van der Waals surface area contributed by atoms with Crippen molar-refractivity contribution in [3.8, 4) is 33.5 Å². The highest BCUT2D eigenvalue weighted by Gasteiger charge is 2.27. The molecule has 0 radical (unpaired) electrons. The maximum Gasteiger partial charge on any atom is 0.236 e. The van der Waals surface area contributed by atoms with Crippen LogP contribution in [0.15, 0.2) is 64.7 Å². The summed E-state index contributed by atoms with van der Waals surface area (Å²) in [6, 6.07) is 14.4. The Balaban J connectivity index is 1.34. The van der Waals surface area contributed by atoms with E-state index >= 15 is 0 Å². The van der Waals surface area contributed by atoms with Crippen molar-refractivity contribution in [3.63, 3.8) is 0 Å². The zero-order chi connectivity index (χ0) is 23.1. The molecule has 0 N–H and O–H groups in total. The monoisotopic (exact) mass is 468 g/mol. The summed E-state index contributed by atoms with van der Waals surface area (Å²) in [7, 11) is 0. The number of rotatable bonds is 5. The zero-order valence-electron chi connectivity index (χ0n) is 19.1. The van der Waals surface area contributed by atoms with Crippen molar-refractivity contribution in [2.24, 2.45) is 0 Å². The second-order valence-corrected chi connectivity index (χ2v) is 9.45. The standard InChI is InChI=1S/C26H24N6OS/c1-17-13-28-20(14-27-17)25-30-24(19-7-4-3-5-8-19)22-16-31(10-11-32(22)25)15-21-18(2)33-26(29-21)23-9-6-12-34-23/h3-9,12-14H,10-11,15-16H2,1-2H3. The van der Waals surface area contributed by atoms with Crippen LogP contribution in [0.25, 0.3) is 33.5 Å². The van der Waals surface area contributed by atoms with Crippen LogP contribution >= 0.6 is 11.3 Å². The van der Waals surface area contributed by atoms with E-state index in [0.717, 1.165) is 71.0 Å². The Kier molecular flexibility index (Phi) is 5.31. The maximum absolute atomic E-state index is 5.97. The normalized spacial score (nSPS) is 13.8. The maximum atomic E-state index is 5.97. The fourth-order valence-electron chi connectivity index (χ4n) is 4.38. The molecule has 8 heteroatoms. The number of imidazole rings is 1. The van der Waals surface area contributed by atoms with E-state index in [9.17, 15) is 0 Å². The molecule has 4 aromatic heterocycles. The molecule has 1 aliphatic rings. The average Bonchev–Trinajstić information content (AvgIpc) is 3.60. The fourth-order valence-corrected chi connectivity index (χ4v) is 5.03. The summed E-state index contributed by atoms with van der Waals surface area (Å²) in [5, 5.41) is 2.04. The van der Waals surface area contributed by atoms with Crippen LogP contribution in [0.4, 0.5) is 0 Å². The van der Waals surface area contributed by atoms with Crippen LogP contribution in [0.3, 0.4) is 0 Å². The van der Waals surface area contributed by atoms with Crippen molar-refractivity contribution < 1.29 is 4.42 Å². The van der Waals surface area contributed by atoms with E-state index in [2.05, 4.69) is 43.7 Å². The Morgan fingerprint density at radius 2 is 1.85 bits per heavy atom. The number of thiophene rings is 1. The number of oxazole rings is 1. The highest BCUT2D eigenvalue weighted by atomic mass is 32.1. The molecular weight excluding hydrogens is 444 g/mol. The lowest BCUT2D eigenvalue weighted by Gasteiger charge is -2.29. The van der Waals surface area contributed by atoms with Crippen LogP contribution in [0.2, 0.25) is 0 Å². The molecule has 0 bridgehead atoms. The quantitative estimate of drug-likeness (QED) is 0.346. The molecule has 0 unspecified atom stereocenters. The van der Waals surface area contributed by atoms with Gasteiger partial charge in [0.1, 0.15) is 11.5 Å². The first kappa shape index (κ1) is 20.9. The minimum absolute atomic E-state index is 0.703. The number of hydrogen-bond acceptors (Lipinski definition) is 7. The molecular formula is C26H24N6OS. The van der Waals surface area contributed by atoms with Gasteiger partial charge in [0, 0.05) is 37.9 Å². The number of nitrogens with zero attached hydrogens (tertiary/aromatic N) is 6. The van der Waals surface area contributed by atoms with Crippen LogP contribution in [-0.2, 0) is 19.6 Å². The molecule has 5 aromatic rings. The van der Waals surface area contributed by atoms with E-state index < -0.39 is 0 Å². The van der Waals surface area contributed by atoms with Gasteiger partial charge in [0.2, 0.25) is 5.89 Å². The predicted octanol–water partition coefficient (Wildman–Crippen LogP) is 5.36. The summed E-state index contributed by atoms with van der Waals surface area (Å²) in [6.45, 7) is 7.17. The summed E-state index contributed by atoms with van der Waals surface area (Å²) in [5.74, 6) is 2.45. The minimum Gasteiger partial charge on any atom is -0.440 e. The van der Waals surface area contributed by atoms with Gasteiger partial charge in [-0.2, -0.15) is 0 Å². The van der Waals surface area contributed by atoms with E-state index in [1.165, 1.54) is 5.69 Å². The van der Waals surface area contributed by atoms with Gasteiger partial charge >= 0.3 is 0 Å². The Labute approximate surface area is 201 Å². The van der Waals surface area contributed by atoms with Crippen LogP contribution in [-0.4, -0.2) is 35.9 Å². The van der Waals surface area contributed by atoms with Gasteiger partial charge in [0.15, 0.2) is 5.82 Å². The van der Waals surface area contributed by atoms with E-state index in [0.29, 0.717) is 5.89 Å². The first-order valence-corrected chi connectivity index (χ1v) is 12.2. The Morgan fingerprint density at radius 3 is 2.62 bits per heavy atom. The van der Waals surface area contributed by atoms with E-state index in [4.69, 9.17) is 14.4 Å². The second-order valence-electron chi connectivity index (χ2n) is 8.50. The Hall–Kier alpha value is -3.62. The van der Waals surface area contributed by atoms with Crippen molar-refractivity contribution in [2.75, 3.05) is 6.54 Å². The number of aromatic nitrogens is 5. The number of hydrogen-bond donors (Lipinski definition) is 0. The Bertz CT molecular complexity index is 1420. The average molecular weight is 469 g/mol. The lowest BCUT2D eigenvalue weighted by molar-refractivity contribution is 0.211. The molecule has 0 amide bonds. The third-order valence-corrected chi connectivity index (χ3v) is 7.00. The molecule has 170 valence electrons. The van der Waals surface area contributed by atoms with Crippen LogP contribution in [0, 0.1) is 13.8 Å². The zero-order valence-corrected chi connectivity index (χ0v) is 19.9. The molecule has 1 aromatic carbocycles. The van der Waals surface area contributed by atoms with E-state index in [-0.39, 0.29) is 0 Å². The molecule has 6 rings (SSSR count). The van der Waals surface area contributed by atoms with Gasteiger partial charge in [0.25, 0.3) is 0 Å². The third-order valence-electron chi connectivity index (χ3n) is 6.14. The SMILES string of the molecule is Cc1cnc(-c2nc(-c3ccccc3)c3n2CCN(Cc2nc(-c4cccs4)oc2C)C3)cn1. The first-order valence-electron chi connectivity index (χ1n) is 11.3. The number of fused-ring (bicyclic) bond motifs is 1. The van der Waals surface area contributed by atoms with Crippen LogP contribution in [0.5, 0.6) is 0 Å². The second kappa shape index (κ2) is 8.62. The molecule has 0 saturated heterocycles. The highest BCUT2D eigenvalue weighted by molar-refractivity contribution is 7.13. The van der Waals surface area contributed by atoms with Gasteiger partial charge in [0.05, 0.1) is 33.8 Å². The van der Waals surface area contributed by atoms with Gasteiger partial charge < -0.3 is 8.98 Å². The lowest BCUT2D eigenvalue weighted by Crippen LogP contribution is -2.33. The van der Waals surface area contributed by atoms with E-state index in [1.807, 2.05) is 43.6 Å². The van der Waals surface area contributed by atoms with Crippen LogP contribution < -0.4 is 0 Å². The van der Waals surface area contributed by atoms with Crippen molar-refractivity contribution in [1.82, 2.24) is 29.4 Å². The number of benzene rings is 1. The summed E-state index contributed by atoms with van der Waals surface area (Å²) in [5.41, 5.74) is 5.98. The molecule has 0 fully saturated rings. The fraction of sp³-hybridized carbons (Fsp3) is 0.231. The third kappa shape index (κ3) is 3.85. The van der Waals surface area contributed by atoms with Gasteiger partial charge in [-0.25, -0.2) is 15.0 Å². The molecule has 5 heterocycles. The summed E-state index contributed by atoms with van der Waals surface area (Å²) < 4.78 is 8.27. The Morgan fingerprint density at radius 1 is 0.971 bits per heavy atom. The van der Waals surface area contributed by atoms with Gasteiger partial charge in [-0.15, -0.1) is 11.3 Å². The molecule has 34 heavy (non-hydrogen) atoms. The topological polar surface area (TPSA) is 72.9 Å². The molecule has 0 atom stereocenters. The van der Waals surface area contributed by atoms with Gasteiger partial charge in [-0.3, -0.25) is 9.88 Å². The lowest BCUT2D eigenvalue weighted by atomic mass is 10.1. The molecule has 0 saturated carbocycles. The molecule has 7 nitrogen and oxygen atoms in total. The van der Waals surface area contributed by atoms with Crippen molar-refractivity contribution >= 4 is 11.3 Å². The molecule has 1 aliphatic heterocycles. The van der Waals surface area contributed by atoms with Crippen molar-refractivity contribution in [1.29, 1.82) is 0 Å². The van der Waals surface area contributed by atoms with Gasteiger partial charge in [-0.1, -0.05) is 36.4 Å². The van der Waals surface area contributed by atoms with Crippen molar-refractivity contribution in [3.05, 3.63) is 83.1 Å². The minimum atomic E-state index is 0.703. The van der Waals surface area contributed by atoms with Gasteiger partial charge in [-0.05, 0) is 25.3 Å². The van der Waals surface area contributed by atoms with Crippen LogP contribution in [0.1, 0.15) is 22.8 Å². The smallest absolute Gasteiger partial charge is 0.236 e. The first-order chi connectivity index (χ1) is 16.7. The largest absolute Gasteiger partial charge is 0.440 e. The number of aryl methyl sites for hydroxylation is 2. The van der Waals surface area contributed by atoms with Crippen molar-refractivity contribution in [2.45, 2.75) is 33.5 Å².